The zero-order valence-corrected chi connectivity index (χ0v) is 13.4. The van der Waals surface area contributed by atoms with Crippen LogP contribution in [0.1, 0.15) is 17.4 Å². The minimum Gasteiger partial charge on any atom is -0.389 e. The second kappa shape index (κ2) is 6.36. The molecule has 0 aliphatic heterocycles. The zero-order chi connectivity index (χ0) is 17.3. The van der Waals surface area contributed by atoms with E-state index in [0.29, 0.717) is 12.2 Å². The molecule has 0 bridgehead atoms. The predicted molar refractivity (Wildman–Crippen MR) is 87.7 cm³/mol. The number of carbonyl (C=O) groups is 1. The third-order valence-electron chi connectivity index (χ3n) is 3.26. The van der Waals surface area contributed by atoms with Crippen molar-refractivity contribution in [2.45, 2.75) is 13.5 Å². The number of benzene rings is 1. The van der Waals surface area contributed by atoms with Crippen molar-refractivity contribution in [1.29, 1.82) is 0 Å². The first-order valence-corrected chi connectivity index (χ1v) is 7.85. The minimum atomic E-state index is -0.764. The molecule has 2 heterocycles. The molecule has 0 unspecified atom stereocenters. The van der Waals surface area contributed by atoms with Gasteiger partial charge in [0.15, 0.2) is 5.69 Å². The molecule has 0 radical (unpaired) electrons. The fourth-order valence-corrected chi connectivity index (χ4v) is 2.97. The summed E-state index contributed by atoms with van der Waals surface area (Å²) in [4.78, 5) is 16.3. The highest BCUT2D eigenvalue weighted by Crippen LogP contribution is 2.33. The second-order valence-electron chi connectivity index (χ2n) is 4.87. The van der Waals surface area contributed by atoms with Crippen molar-refractivity contribution in [3.05, 3.63) is 47.9 Å². The van der Waals surface area contributed by atoms with Crippen LogP contribution in [0.15, 0.2) is 30.6 Å². The standard InChI is InChI=1S/C15H13F2N5OS/c1-2-22-7-8(6-19-22)20-14(23)12-13(18)24-15(21-12)11-9(16)4-3-5-10(11)17/h3-7H,2,18H2,1H3,(H,20,23). The van der Waals surface area contributed by atoms with Gasteiger partial charge in [-0.05, 0) is 19.1 Å². The van der Waals surface area contributed by atoms with Crippen molar-refractivity contribution < 1.29 is 13.6 Å². The molecule has 0 spiro atoms. The molecule has 3 N–H and O–H groups in total. The summed E-state index contributed by atoms with van der Waals surface area (Å²) in [6.07, 6.45) is 3.14. The fourth-order valence-electron chi connectivity index (χ4n) is 2.10. The van der Waals surface area contributed by atoms with Crippen LogP contribution in [-0.2, 0) is 6.54 Å². The smallest absolute Gasteiger partial charge is 0.277 e. The van der Waals surface area contributed by atoms with Gasteiger partial charge in [0, 0.05) is 12.7 Å². The average Bonchev–Trinajstić information content (AvgIpc) is 3.13. The number of anilines is 2. The number of carbonyl (C=O) groups excluding carboxylic acids is 1. The first-order valence-electron chi connectivity index (χ1n) is 7.04. The topological polar surface area (TPSA) is 85.8 Å². The Bertz CT molecular complexity index is 885. The monoisotopic (exact) mass is 349 g/mol. The summed E-state index contributed by atoms with van der Waals surface area (Å²) in [6, 6.07) is 3.49. The second-order valence-corrected chi connectivity index (χ2v) is 5.90. The number of aromatic nitrogens is 3. The Morgan fingerprint density at radius 2 is 2.08 bits per heavy atom. The van der Waals surface area contributed by atoms with Crippen molar-refractivity contribution in [1.82, 2.24) is 14.8 Å². The molecule has 0 saturated heterocycles. The maximum atomic E-state index is 13.8. The Morgan fingerprint density at radius 3 is 2.71 bits per heavy atom. The Kier molecular flexibility index (Phi) is 4.26. The lowest BCUT2D eigenvalue weighted by atomic mass is 10.2. The number of hydrogen-bond acceptors (Lipinski definition) is 5. The number of nitrogens with one attached hydrogen (secondary N) is 1. The Hall–Kier alpha value is -2.81. The summed E-state index contributed by atoms with van der Waals surface area (Å²) in [5.74, 6) is -2.10. The molecule has 0 saturated carbocycles. The number of nitrogen functional groups attached to an aromatic ring is 1. The molecule has 1 aromatic carbocycles. The van der Waals surface area contributed by atoms with Crippen LogP contribution >= 0.6 is 11.3 Å². The van der Waals surface area contributed by atoms with Gasteiger partial charge in [-0.15, -0.1) is 0 Å². The lowest BCUT2D eigenvalue weighted by Gasteiger charge is -2.01. The van der Waals surface area contributed by atoms with Crippen molar-refractivity contribution >= 4 is 27.9 Å². The molecular weight excluding hydrogens is 336 g/mol. The number of aryl methyl sites for hydroxylation is 1. The van der Waals surface area contributed by atoms with E-state index in [-0.39, 0.29) is 21.3 Å². The zero-order valence-electron chi connectivity index (χ0n) is 12.6. The van der Waals surface area contributed by atoms with Gasteiger partial charge in [-0.2, -0.15) is 5.10 Å². The summed E-state index contributed by atoms with van der Waals surface area (Å²) in [5.41, 5.74) is 5.89. The van der Waals surface area contributed by atoms with Crippen LogP contribution < -0.4 is 11.1 Å². The van der Waals surface area contributed by atoms with Gasteiger partial charge in [-0.3, -0.25) is 9.48 Å². The van der Waals surface area contributed by atoms with E-state index in [1.54, 1.807) is 10.9 Å². The molecule has 2 aromatic heterocycles. The molecule has 0 atom stereocenters. The van der Waals surface area contributed by atoms with Crippen LogP contribution in [0, 0.1) is 11.6 Å². The summed E-state index contributed by atoms with van der Waals surface area (Å²) in [7, 11) is 0. The van der Waals surface area contributed by atoms with Crippen LogP contribution in [-0.4, -0.2) is 20.7 Å². The van der Waals surface area contributed by atoms with Crippen LogP contribution in [0.4, 0.5) is 19.5 Å². The molecule has 3 rings (SSSR count). The van der Waals surface area contributed by atoms with Gasteiger partial charge in [0.1, 0.15) is 21.6 Å². The summed E-state index contributed by atoms with van der Waals surface area (Å²) in [6.45, 7) is 2.57. The minimum absolute atomic E-state index is 0.0116. The summed E-state index contributed by atoms with van der Waals surface area (Å²) in [5, 5.41) is 6.72. The number of nitrogens with zero attached hydrogens (tertiary/aromatic N) is 3. The van der Waals surface area contributed by atoms with Crippen molar-refractivity contribution in [3.8, 4) is 10.6 Å². The third-order valence-corrected chi connectivity index (χ3v) is 4.16. The van der Waals surface area contributed by atoms with Crippen LogP contribution in [0.5, 0.6) is 0 Å². The van der Waals surface area contributed by atoms with Gasteiger partial charge in [0.25, 0.3) is 5.91 Å². The lowest BCUT2D eigenvalue weighted by Crippen LogP contribution is -2.13. The van der Waals surface area contributed by atoms with E-state index in [2.05, 4.69) is 15.4 Å². The molecule has 124 valence electrons. The fraction of sp³-hybridized carbons (Fsp3) is 0.133. The quantitative estimate of drug-likeness (QED) is 0.758. The largest absolute Gasteiger partial charge is 0.389 e. The van der Waals surface area contributed by atoms with Crippen LogP contribution in [0.3, 0.4) is 0 Å². The molecule has 6 nitrogen and oxygen atoms in total. The first-order chi connectivity index (χ1) is 11.5. The number of nitrogens with two attached hydrogens (primary N) is 1. The van der Waals surface area contributed by atoms with Gasteiger partial charge in [0.2, 0.25) is 0 Å². The average molecular weight is 349 g/mol. The van der Waals surface area contributed by atoms with Crippen LogP contribution in [0.2, 0.25) is 0 Å². The molecule has 9 heteroatoms. The van der Waals surface area contributed by atoms with E-state index in [4.69, 9.17) is 5.73 Å². The van der Waals surface area contributed by atoms with Gasteiger partial charge in [-0.1, -0.05) is 17.4 Å². The van der Waals surface area contributed by atoms with Crippen molar-refractivity contribution in [2.75, 3.05) is 11.1 Å². The normalized spacial score (nSPS) is 10.8. The number of amides is 1. The highest BCUT2D eigenvalue weighted by atomic mass is 32.1. The molecule has 3 aromatic rings. The van der Waals surface area contributed by atoms with Gasteiger partial charge in [-0.25, -0.2) is 13.8 Å². The maximum Gasteiger partial charge on any atom is 0.277 e. The van der Waals surface area contributed by atoms with E-state index in [1.165, 1.54) is 12.3 Å². The molecular formula is C15H13F2N5OS. The highest BCUT2D eigenvalue weighted by Gasteiger charge is 2.21. The Labute approximate surface area is 139 Å². The maximum absolute atomic E-state index is 13.8. The van der Waals surface area contributed by atoms with E-state index in [1.807, 2.05) is 6.92 Å². The number of hydrogen-bond donors (Lipinski definition) is 2. The third kappa shape index (κ3) is 2.98. The predicted octanol–water partition coefficient (Wildman–Crippen LogP) is 3.14. The molecule has 0 fully saturated rings. The van der Waals surface area contributed by atoms with E-state index in [9.17, 15) is 13.6 Å². The number of rotatable bonds is 4. The first kappa shape index (κ1) is 16.1. The van der Waals surface area contributed by atoms with Crippen molar-refractivity contribution in [2.24, 2.45) is 0 Å². The Morgan fingerprint density at radius 1 is 1.38 bits per heavy atom. The van der Waals surface area contributed by atoms with Crippen LogP contribution in [0.25, 0.3) is 10.6 Å². The van der Waals surface area contributed by atoms with Gasteiger partial charge in [0.05, 0.1) is 17.4 Å². The van der Waals surface area contributed by atoms with E-state index in [0.717, 1.165) is 23.5 Å². The summed E-state index contributed by atoms with van der Waals surface area (Å²) < 4.78 is 29.3. The number of thiazole rings is 1. The molecule has 24 heavy (non-hydrogen) atoms. The Balaban J connectivity index is 1.90. The van der Waals surface area contributed by atoms with E-state index >= 15 is 0 Å². The number of halogens is 2. The molecule has 1 amide bonds. The SMILES string of the molecule is CCn1cc(NC(=O)c2nc(-c3c(F)cccc3F)sc2N)cn1. The lowest BCUT2D eigenvalue weighted by molar-refractivity contribution is 0.102. The summed E-state index contributed by atoms with van der Waals surface area (Å²) >= 11 is 0.849. The van der Waals surface area contributed by atoms with Gasteiger partial charge < -0.3 is 11.1 Å². The molecule has 0 aliphatic carbocycles. The van der Waals surface area contributed by atoms with Crippen molar-refractivity contribution in [3.63, 3.8) is 0 Å². The van der Waals surface area contributed by atoms with E-state index < -0.39 is 17.5 Å². The molecule has 0 aliphatic rings. The van der Waals surface area contributed by atoms with Gasteiger partial charge >= 0.3 is 0 Å². The highest BCUT2D eigenvalue weighted by molar-refractivity contribution is 7.19.